The lowest BCUT2D eigenvalue weighted by molar-refractivity contribution is -0.117. The van der Waals surface area contributed by atoms with Gasteiger partial charge in [-0.15, -0.1) is 5.10 Å². The summed E-state index contributed by atoms with van der Waals surface area (Å²) in [5.74, 6) is 0.232. The molecular formula is C12H17N3O. The number of hydrogen-bond acceptors (Lipinski definition) is 3. The number of hydrogen-bond donors (Lipinski definition) is 0. The number of nitrogens with zero attached hydrogens (tertiary/aromatic N) is 3. The zero-order chi connectivity index (χ0) is 11.8. The summed E-state index contributed by atoms with van der Waals surface area (Å²) in [6, 6.07) is 0. The smallest absolute Gasteiger partial charge is 0.156 e. The summed E-state index contributed by atoms with van der Waals surface area (Å²) >= 11 is 0. The molecule has 86 valence electrons. The van der Waals surface area contributed by atoms with Crippen LogP contribution in [0.3, 0.4) is 0 Å². The molecule has 1 aliphatic carbocycles. The number of aryl methyl sites for hydroxylation is 1. The average Bonchev–Trinajstić information content (AvgIpc) is 2.46. The van der Waals surface area contributed by atoms with Crippen molar-refractivity contribution in [2.45, 2.75) is 33.1 Å². The zero-order valence-corrected chi connectivity index (χ0v) is 10.0. The van der Waals surface area contributed by atoms with Crippen molar-refractivity contribution in [3.8, 4) is 0 Å². The molecule has 1 aliphatic rings. The number of aromatic nitrogens is 3. The van der Waals surface area contributed by atoms with Gasteiger partial charge in [0, 0.05) is 26.1 Å². The Morgan fingerprint density at radius 2 is 2.19 bits per heavy atom. The molecule has 0 saturated heterocycles. The monoisotopic (exact) mass is 219 g/mol. The van der Waals surface area contributed by atoms with Crippen molar-refractivity contribution in [1.29, 1.82) is 0 Å². The third-order valence-corrected chi connectivity index (χ3v) is 2.78. The molecule has 4 heteroatoms. The standard InChI is InChI=1S/C12H17N3O/c1-12(2)6-9(5-11(16)7-12)4-10-8-15(3)14-13-10/h5,8H,4,6-7H2,1-3H3. The van der Waals surface area contributed by atoms with Crippen LogP contribution in [0.15, 0.2) is 17.8 Å². The first-order valence-corrected chi connectivity index (χ1v) is 5.52. The fraction of sp³-hybridized carbons (Fsp3) is 0.583. The molecule has 0 bridgehead atoms. The highest BCUT2D eigenvalue weighted by Gasteiger charge is 2.27. The van der Waals surface area contributed by atoms with E-state index in [2.05, 4.69) is 24.2 Å². The van der Waals surface area contributed by atoms with E-state index >= 15 is 0 Å². The van der Waals surface area contributed by atoms with Crippen molar-refractivity contribution in [2.24, 2.45) is 12.5 Å². The molecule has 1 aromatic heterocycles. The SMILES string of the molecule is Cn1cc(CC2=CC(=O)CC(C)(C)C2)nn1. The van der Waals surface area contributed by atoms with Crippen LogP contribution in [0.2, 0.25) is 0 Å². The van der Waals surface area contributed by atoms with E-state index in [0.29, 0.717) is 6.42 Å². The molecule has 1 aromatic rings. The molecule has 0 N–H and O–H groups in total. The second-order valence-corrected chi connectivity index (χ2v) is 5.35. The third kappa shape index (κ3) is 2.56. The number of carbonyl (C=O) groups is 1. The molecule has 0 fully saturated rings. The van der Waals surface area contributed by atoms with E-state index in [-0.39, 0.29) is 11.2 Å². The Labute approximate surface area is 95.3 Å². The largest absolute Gasteiger partial charge is 0.295 e. The maximum atomic E-state index is 11.6. The van der Waals surface area contributed by atoms with Crippen molar-refractivity contribution in [3.63, 3.8) is 0 Å². The lowest BCUT2D eigenvalue weighted by Gasteiger charge is -2.28. The van der Waals surface area contributed by atoms with Gasteiger partial charge in [0.05, 0.1) is 5.69 Å². The van der Waals surface area contributed by atoms with Gasteiger partial charge in [-0.05, 0) is 17.9 Å². The molecular weight excluding hydrogens is 202 g/mol. The third-order valence-electron chi connectivity index (χ3n) is 2.78. The minimum atomic E-state index is 0.0867. The molecule has 1 heterocycles. The van der Waals surface area contributed by atoms with Gasteiger partial charge in [-0.1, -0.05) is 24.6 Å². The number of ketones is 1. The van der Waals surface area contributed by atoms with Crippen LogP contribution >= 0.6 is 0 Å². The first-order valence-electron chi connectivity index (χ1n) is 5.52. The van der Waals surface area contributed by atoms with Crippen LogP contribution in [0.25, 0.3) is 0 Å². The minimum absolute atomic E-state index is 0.0867. The van der Waals surface area contributed by atoms with Gasteiger partial charge in [-0.25, -0.2) is 0 Å². The van der Waals surface area contributed by atoms with Gasteiger partial charge in [0.25, 0.3) is 0 Å². The Bertz CT molecular complexity index is 443. The maximum Gasteiger partial charge on any atom is 0.156 e. The summed E-state index contributed by atoms with van der Waals surface area (Å²) < 4.78 is 1.69. The second kappa shape index (κ2) is 3.85. The Hall–Kier alpha value is -1.45. The van der Waals surface area contributed by atoms with Gasteiger partial charge in [-0.3, -0.25) is 9.48 Å². The second-order valence-electron chi connectivity index (χ2n) is 5.35. The minimum Gasteiger partial charge on any atom is -0.295 e. The van der Waals surface area contributed by atoms with Gasteiger partial charge in [0.2, 0.25) is 0 Å². The number of allylic oxidation sites excluding steroid dienone is 2. The quantitative estimate of drug-likeness (QED) is 0.760. The van der Waals surface area contributed by atoms with Crippen LogP contribution in [0.4, 0.5) is 0 Å². The molecule has 16 heavy (non-hydrogen) atoms. The van der Waals surface area contributed by atoms with Crippen molar-refractivity contribution >= 4 is 5.78 Å². The molecule has 0 aliphatic heterocycles. The van der Waals surface area contributed by atoms with Crippen LogP contribution in [0.1, 0.15) is 32.4 Å². The van der Waals surface area contributed by atoms with Gasteiger partial charge in [0.1, 0.15) is 0 Å². The summed E-state index contributed by atoms with van der Waals surface area (Å²) in [6.45, 7) is 4.27. The van der Waals surface area contributed by atoms with Gasteiger partial charge < -0.3 is 0 Å². The topological polar surface area (TPSA) is 47.8 Å². The Morgan fingerprint density at radius 1 is 1.44 bits per heavy atom. The molecule has 0 spiro atoms. The predicted octanol–water partition coefficient (Wildman–Crippen LogP) is 1.67. The fourth-order valence-corrected chi connectivity index (χ4v) is 2.30. The maximum absolute atomic E-state index is 11.6. The summed E-state index contributed by atoms with van der Waals surface area (Å²) in [5, 5.41) is 7.94. The van der Waals surface area contributed by atoms with E-state index in [4.69, 9.17) is 0 Å². The van der Waals surface area contributed by atoms with Gasteiger partial charge in [-0.2, -0.15) is 0 Å². The number of rotatable bonds is 2. The Balaban J connectivity index is 2.13. The van der Waals surface area contributed by atoms with E-state index in [9.17, 15) is 4.79 Å². The van der Waals surface area contributed by atoms with E-state index in [1.54, 1.807) is 10.8 Å². The van der Waals surface area contributed by atoms with Crippen molar-refractivity contribution in [1.82, 2.24) is 15.0 Å². The zero-order valence-electron chi connectivity index (χ0n) is 10.0. The van der Waals surface area contributed by atoms with Gasteiger partial charge in [0.15, 0.2) is 5.78 Å². The molecule has 2 rings (SSSR count). The molecule has 0 radical (unpaired) electrons. The average molecular weight is 219 g/mol. The summed E-state index contributed by atoms with van der Waals surface area (Å²) in [6.07, 6.45) is 6.03. The molecule has 0 saturated carbocycles. The van der Waals surface area contributed by atoms with Gasteiger partial charge >= 0.3 is 0 Å². The van der Waals surface area contributed by atoms with E-state index in [1.165, 1.54) is 5.57 Å². The van der Waals surface area contributed by atoms with Crippen LogP contribution < -0.4 is 0 Å². The van der Waals surface area contributed by atoms with Crippen LogP contribution in [-0.2, 0) is 18.3 Å². The van der Waals surface area contributed by atoms with Crippen LogP contribution in [0, 0.1) is 5.41 Å². The molecule has 4 nitrogen and oxygen atoms in total. The van der Waals surface area contributed by atoms with E-state index in [0.717, 1.165) is 18.5 Å². The molecule has 0 atom stereocenters. The highest BCUT2D eigenvalue weighted by molar-refractivity contribution is 5.91. The highest BCUT2D eigenvalue weighted by atomic mass is 16.1. The summed E-state index contributed by atoms with van der Waals surface area (Å²) in [4.78, 5) is 11.6. The normalized spacial score (nSPS) is 19.7. The highest BCUT2D eigenvalue weighted by Crippen LogP contribution is 2.34. The number of carbonyl (C=O) groups excluding carboxylic acids is 1. The first-order chi connectivity index (χ1) is 7.44. The molecule has 0 aromatic carbocycles. The summed E-state index contributed by atoms with van der Waals surface area (Å²) in [7, 11) is 1.85. The lowest BCUT2D eigenvalue weighted by atomic mass is 9.76. The van der Waals surface area contributed by atoms with Crippen LogP contribution in [-0.4, -0.2) is 20.8 Å². The fourth-order valence-electron chi connectivity index (χ4n) is 2.30. The van der Waals surface area contributed by atoms with Crippen molar-refractivity contribution < 1.29 is 4.79 Å². The van der Waals surface area contributed by atoms with E-state index in [1.807, 2.05) is 13.2 Å². The Kier molecular flexibility index (Phi) is 2.66. The predicted molar refractivity (Wildman–Crippen MR) is 60.8 cm³/mol. The van der Waals surface area contributed by atoms with E-state index < -0.39 is 0 Å². The summed E-state index contributed by atoms with van der Waals surface area (Å²) in [5.41, 5.74) is 2.18. The first kappa shape index (κ1) is 11.0. The lowest BCUT2D eigenvalue weighted by Crippen LogP contribution is -2.22. The van der Waals surface area contributed by atoms with Crippen molar-refractivity contribution in [3.05, 3.63) is 23.5 Å². The van der Waals surface area contributed by atoms with Crippen molar-refractivity contribution in [2.75, 3.05) is 0 Å². The molecule has 0 amide bonds. The Morgan fingerprint density at radius 3 is 2.75 bits per heavy atom. The van der Waals surface area contributed by atoms with Crippen LogP contribution in [0.5, 0.6) is 0 Å². The molecule has 0 unspecified atom stereocenters.